The van der Waals surface area contributed by atoms with E-state index in [1.54, 1.807) is 0 Å². The molecule has 0 aliphatic rings. The minimum Gasteiger partial charge on any atom is -0.212 e. The van der Waals surface area contributed by atoms with E-state index < -0.39 is 8.07 Å². The normalized spacial score (nSPS) is 12.2. The van der Waals surface area contributed by atoms with E-state index >= 15 is 0 Å². The molecule has 0 unspecified atom stereocenters. The Morgan fingerprint density at radius 3 is 1.62 bits per heavy atom. The fraction of sp³-hybridized carbons (Fsp3) is 0.318. The van der Waals surface area contributed by atoms with Crippen LogP contribution in [0.15, 0.2) is 54.6 Å². The molecule has 4 heteroatoms. The Hall–Kier alpha value is -2.33. The van der Waals surface area contributed by atoms with Crippen molar-refractivity contribution in [2.45, 2.75) is 45.8 Å². The van der Waals surface area contributed by atoms with Crippen LogP contribution in [0.3, 0.4) is 0 Å². The summed E-state index contributed by atoms with van der Waals surface area (Å²) in [4.78, 5) is 14.3. The van der Waals surface area contributed by atoms with E-state index in [0.717, 1.165) is 28.6 Å². The lowest BCUT2D eigenvalue weighted by molar-refractivity contribution is 0.543. The maximum absolute atomic E-state index is 4.78. The first-order valence-corrected chi connectivity index (χ1v) is 12.6. The van der Waals surface area contributed by atoms with E-state index in [4.69, 9.17) is 15.0 Å². The highest BCUT2D eigenvalue weighted by atomic mass is 28.3. The molecule has 0 radical (unpaired) electrons. The van der Waals surface area contributed by atoms with Gasteiger partial charge < -0.3 is 0 Å². The quantitative estimate of drug-likeness (QED) is 0.613. The first kappa shape index (κ1) is 18.5. The molecule has 0 spiro atoms. The number of nitrogens with zero attached hydrogens (tertiary/aromatic N) is 3. The fourth-order valence-corrected chi connectivity index (χ4v) is 3.84. The lowest BCUT2D eigenvalue weighted by Crippen LogP contribution is -2.37. The maximum Gasteiger partial charge on any atom is 0.163 e. The molecular weight excluding hydrogens is 334 g/mol. The van der Waals surface area contributed by atoms with Crippen LogP contribution in [0.1, 0.15) is 26.6 Å². The van der Waals surface area contributed by atoms with Gasteiger partial charge in [0.15, 0.2) is 11.6 Å². The van der Waals surface area contributed by atoms with Crippen LogP contribution in [0.4, 0.5) is 0 Å². The van der Waals surface area contributed by atoms with E-state index in [-0.39, 0.29) is 5.41 Å². The molecule has 0 N–H and O–H groups in total. The molecule has 3 rings (SSSR count). The lowest BCUT2D eigenvalue weighted by atomic mass is 9.95. The maximum atomic E-state index is 4.78. The molecular formula is C22H27N3Si. The number of aromatic nitrogens is 3. The topological polar surface area (TPSA) is 38.7 Å². The third-order valence-corrected chi connectivity index (χ3v) is 6.41. The van der Waals surface area contributed by atoms with Crippen LogP contribution in [0, 0.1) is 0 Å². The largest absolute Gasteiger partial charge is 0.212 e. The second-order valence-corrected chi connectivity index (χ2v) is 13.8. The minimum absolute atomic E-state index is 0.139. The highest BCUT2D eigenvalue weighted by Crippen LogP contribution is 2.25. The van der Waals surface area contributed by atoms with Crippen molar-refractivity contribution in [3.05, 3.63) is 60.4 Å². The summed E-state index contributed by atoms with van der Waals surface area (Å²) in [5.74, 6) is 2.29. The van der Waals surface area contributed by atoms with Crippen LogP contribution in [0.2, 0.25) is 19.6 Å². The molecule has 0 saturated heterocycles. The van der Waals surface area contributed by atoms with Crippen LogP contribution in [-0.2, 0) is 5.41 Å². The van der Waals surface area contributed by atoms with E-state index in [9.17, 15) is 0 Å². The van der Waals surface area contributed by atoms with E-state index in [2.05, 4.69) is 64.7 Å². The molecule has 134 valence electrons. The number of hydrogen-bond acceptors (Lipinski definition) is 3. The van der Waals surface area contributed by atoms with Crippen molar-refractivity contribution in [3.63, 3.8) is 0 Å². The molecule has 0 fully saturated rings. The van der Waals surface area contributed by atoms with E-state index in [1.807, 2.05) is 30.3 Å². The van der Waals surface area contributed by atoms with Gasteiger partial charge >= 0.3 is 0 Å². The Balaban J connectivity index is 2.12. The van der Waals surface area contributed by atoms with Crippen LogP contribution < -0.4 is 5.19 Å². The van der Waals surface area contributed by atoms with Crippen LogP contribution in [0.25, 0.3) is 22.8 Å². The van der Waals surface area contributed by atoms with Crippen LogP contribution in [-0.4, -0.2) is 23.0 Å². The number of hydrogen-bond donors (Lipinski definition) is 0. The van der Waals surface area contributed by atoms with Crippen molar-refractivity contribution >= 4 is 13.3 Å². The van der Waals surface area contributed by atoms with Crippen molar-refractivity contribution in [1.29, 1.82) is 0 Å². The molecule has 3 aromatic rings. The first-order chi connectivity index (χ1) is 12.1. The van der Waals surface area contributed by atoms with Gasteiger partial charge in [0.05, 0.1) is 8.07 Å². The molecule has 3 nitrogen and oxygen atoms in total. The molecule has 1 aromatic heterocycles. The van der Waals surface area contributed by atoms with Gasteiger partial charge in [0.1, 0.15) is 5.82 Å². The van der Waals surface area contributed by atoms with Crippen molar-refractivity contribution in [2.24, 2.45) is 0 Å². The predicted octanol–water partition coefficient (Wildman–Crippen LogP) is 5.05. The third kappa shape index (κ3) is 4.07. The second-order valence-electron chi connectivity index (χ2n) is 8.75. The van der Waals surface area contributed by atoms with Gasteiger partial charge in [-0.3, -0.25) is 0 Å². The Bertz CT molecular complexity index is 889. The summed E-state index contributed by atoms with van der Waals surface area (Å²) in [7, 11) is -1.31. The fourth-order valence-electron chi connectivity index (χ4n) is 2.68. The molecule has 0 atom stereocenters. The first-order valence-electron chi connectivity index (χ1n) is 9.07. The minimum atomic E-state index is -1.31. The Kier molecular flexibility index (Phi) is 4.80. The summed E-state index contributed by atoms with van der Waals surface area (Å²) in [6, 6.07) is 18.9. The molecule has 1 heterocycles. The van der Waals surface area contributed by atoms with E-state index in [0.29, 0.717) is 0 Å². The van der Waals surface area contributed by atoms with Gasteiger partial charge in [-0.25, -0.2) is 15.0 Å². The molecule has 0 aliphatic carbocycles. The zero-order chi connectivity index (χ0) is 18.9. The molecule has 0 bridgehead atoms. The van der Waals surface area contributed by atoms with Crippen molar-refractivity contribution in [2.75, 3.05) is 0 Å². The highest BCUT2D eigenvalue weighted by Gasteiger charge is 2.21. The summed E-state index contributed by atoms with van der Waals surface area (Å²) in [5, 5.41) is 1.44. The average molecular weight is 362 g/mol. The summed E-state index contributed by atoms with van der Waals surface area (Å²) >= 11 is 0. The van der Waals surface area contributed by atoms with Gasteiger partial charge in [0.25, 0.3) is 0 Å². The van der Waals surface area contributed by atoms with Crippen molar-refractivity contribution < 1.29 is 0 Å². The molecule has 0 amide bonds. The van der Waals surface area contributed by atoms with Crippen molar-refractivity contribution in [1.82, 2.24) is 15.0 Å². The lowest BCUT2D eigenvalue weighted by Gasteiger charge is -2.19. The van der Waals surface area contributed by atoms with Crippen LogP contribution >= 0.6 is 0 Å². The summed E-state index contributed by atoms with van der Waals surface area (Å²) in [6.45, 7) is 13.5. The van der Waals surface area contributed by atoms with Gasteiger partial charge in [-0.2, -0.15) is 0 Å². The van der Waals surface area contributed by atoms with Gasteiger partial charge in [0, 0.05) is 16.5 Å². The Labute approximate surface area is 157 Å². The highest BCUT2D eigenvalue weighted by molar-refractivity contribution is 6.88. The van der Waals surface area contributed by atoms with Crippen LogP contribution in [0.5, 0.6) is 0 Å². The Morgan fingerprint density at radius 1 is 0.654 bits per heavy atom. The van der Waals surface area contributed by atoms with Gasteiger partial charge in [-0.05, 0) is 0 Å². The summed E-state index contributed by atoms with van der Waals surface area (Å²) < 4.78 is 0. The van der Waals surface area contributed by atoms with Crippen molar-refractivity contribution in [3.8, 4) is 22.8 Å². The molecule has 0 aliphatic heterocycles. The zero-order valence-electron chi connectivity index (χ0n) is 16.5. The predicted molar refractivity (Wildman–Crippen MR) is 112 cm³/mol. The summed E-state index contributed by atoms with van der Waals surface area (Å²) in [5.41, 5.74) is 1.91. The SMILES string of the molecule is CC(C)(C)c1nc(-c2ccccc2)nc(-c2ccc([Si](C)(C)C)cc2)n1. The zero-order valence-corrected chi connectivity index (χ0v) is 17.5. The standard InChI is InChI=1S/C22H27N3Si/c1-22(2,3)21-24-19(16-10-8-7-9-11-16)23-20(25-21)17-12-14-18(15-13-17)26(4,5)6/h7-15H,1-6H3. The summed E-state index contributed by atoms with van der Waals surface area (Å²) in [6.07, 6.45) is 0. The number of rotatable bonds is 3. The average Bonchev–Trinajstić information content (AvgIpc) is 2.61. The van der Waals surface area contributed by atoms with E-state index in [1.165, 1.54) is 5.19 Å². The number of benzene rings is 2. The second kappa shape index (κ2) is 6.76. The third-order valence-electron chi connectivity index (χ3n) is 4.35. The van der Waals surface area contributed by atoms with Gasteiger partial charge in [0.2, 0.25) is 0 Å². The molecule has 26 heavy (non-hydrogen) atoms. The Morgan fingerprint density at radius 2 is 1.15 bits per heavy atom. The van der Waals surface area contributed by atoms with Gasteiger partial charge in [-0.15, -0.1) is 0 Å². The smallest absolute Gasteiger partial charge is 0.163 e. The van der Waals surface area contributed by atoms with Gasteiger partial charge in [-0.1, -0.05) is 100 Å². The monoisotopic (exact) mass is 361 g/mol. The molecule has 0 saturated carbocycles. The molecule has 2 aromatic carbocycles.